The Morgan fingerprint density at radius 2 is 1.83 bits per heavy atom. The quantitative estimate of drug-likeness (QED) is 0.851. The maximum Gasteiger partial charge on any atom is 0.0374 e. The predicted molar refractivity (Wildman–Crippen MR) is 79.1 cm³/mol. The normalized spacial score (nSPS) is 24.3. The third-order valence-corrected chi connectivity index (χ3v) is 4.06. The maximum atomic E-state index is 5.96. The number of aryl methyl sites for hydroxylation is 1. The van der Waals surface area contributed by atoms with Gasteiger partial charge < -0.3 is 11.1 Å². The second-order valence-electron chi connectivity index (χ2n) is 5.99. The van der Waals surface area contributed by atoms with Crippen LogP contribution in [0.4, 0.5) is 5.69 Å². The van der Waals surface area contributed by atoms with Crippen molar-refractivity contribution in [3.8, 4) is 0 Å². The van der Waals surface area contributed by atoms with Crippen LogP contribution < -0.4 is 11.1 Å². The molecule has 1 fully saturated rings. The van der Waals surface area contributed by atoms with E-state index < -0.39 is 0 Å². The average molecular weight is 246 g/mol. The molecule has 0 bridgehead atoms. The molecule has 1 aliphatic rings. The Kier molecular flexibility index (Phi) is 4.28. The molecule has 0 aromatic heterocycles. The number of nitrogens with two attached hydrogens (primary N) is 1. The predicted octanol–water partition coefficient (Wildman–Crippen LogP) is 3.80. The van der Waals surface area contributed by atoms with Crippen LogP contribution in [-0.2, 0) is 0 Å². The van der Waals surface area contributed by atoms with Crippen molar-refractivity contribution in [3.05, 3.63) is 29.3 Å². The highest BCUT2D eigenvalue weighted by Crippen LogP contribution is 2.26. The van der Waals surface area contributed by atoms with Crippen LogP contribution >= 0.6 is 0 Å². The third-order valence-electron chi connectivity index (χ3n) is 4.06. The van der Waals surface area contributed by atoms with Gasteiger partial charge in [-0.1, -0.05) is 26.0 Å². The number of nitrogens with one attached hydrogen (secondary N) is 1. The highest BCUT2D eigenvalue weighted by Gasteiger charge is 2.18. The van der Waals surface area contributed by atoms with E-state index in [9.17, 15) is 0 Å². The molecule has 0 saturated heterocycles. The van der Waals surface area contributed by atoms with E-state index in [1.807, 2.05) is 0 Å². The van der Waals surface area contributed by atoms with Crippen molar-refractivity contribution < 1.29 is 0 Å². The van der Waals surface area contributed by atoms with Crippen molar-refractivity contribution in [1.29, 1.82) is 0 Å². The fourth-order valence-electron chi connectivity index (χ4n) is 2.64. The van der Waals surface area contributed by atoms with Crippen molar-refractivity contribution in [1.82, 2.24) is 0 Å². The molecule has 3 N–H and O–H groups in total. The lowest BCUT2D eigenvalue weighted by atomic mass is 9.91. The smallest absolute Gasteiger partial charge is 0.0374 e. The first kappa shape index (κ1) is 13.4. The zero-order chi connectivity index (χ0) is 13.1. The zero-order valence-electron chi connectivity index (χ0n) is 11.9. The summed E-state index contributed by atoms with van der Waals surface area (Å²) in [7, 11) is 0. The number of hydrogen-bond acceptors (Lipinski definition) is 2. The highest BCUT2D eigenvalue weighted by atomic mass is 14.9. The fraction of sp³-hybridized carbons (Fsp3) is 0.625. The Bertz CT molecular complexity index is 390. The van der Waals surface area contributed by atoms with Gasteiger partial charge in [-0.2, -0.15) is 0 Å². The number of benzene rings is 1. The second-order valence-corrected chi connectivity index (χ2v) is 5.99. The summed E-state index contributed by atoms with van der Waals surface area (Å²) in [5.74, 6) is 0.589. The summed E-state index contributed by atoms with van der Waals surface area (Å²) in [5, 5.41) is 3.71. The molecule has 1 aromatic rings. The Hall–Kier alpha value is -1.02. The van der Waals surface area contributed by atoms with Gasteiger partial charge >= 0.3 is 0 Å². The van der Waals surface area contributed by atoms with E-state index in [0.29, 0.717) is 18.0 Å². The molecular weight excluding hydrogens is 220 g/mol. The first-order valence-corrected chi connectivity index (χ1v) is 7.19. The standard InChI is InChI=1S/C16H26N2/c1-11(2)13-5-4-12(3)16(10-13)18-15-8-6-14(17)7-9-15/h4-5,10-11,14-15,18H,6-9,17H2,1-3H3. The molecule has 1 saturated carbocycles. The molecule has 0 heterocycles. The summed E-state index contributed by atoms with van der Waals surface area (Å²) in [6.07, 6.45) is 4.71. The molecule has 0 amide bonds. The summed E-state index contributed by atoms with van der Waals surface area (Å²) in [6, 6.07) is 7.81. The van der Waals surface area contributed by atoms with Gasteiger partial charge in [0.2, 0.25) is 0 Å². The molecule has 0 radical (unpaired) electrons. The fourth-order valence-corrected chi connectivity index (χ4v) is 2.64. The van der Waals surface area contributed by atoms with Gasteiger partial charge in [-0.25, -0.2) is 0 Å². The van der Waals surface area contributed by atoms with Gasteiger partial charge in [0.25, 0.3) is 0 Å². The number of anilines is 1. The molecule has 2 heteroatoms. The van der Waals surface area contributed by atoms with E-state index in [2.05, 4.69) is 44.3 Å². The molecule has 0 aliphatic heterocycles. The van der Waals surface area contributed by atoms with E-state index in [0.717, 1.165) is 12.8 Å². The lowest BCUT2D eigenvalue weighted by molar-refractivity contribution is 0.411. The summed E-state index contributed by atoms with van der Waals surface area (Å²) in [5.41, 5.74) is 10.0. The van der Waals surface area contributed by atoms with Crippen LogP contribution in [0.25, 0.3) is 0 Å². The Balaban J connectivity index is 2.06. The highest BCUT2D eigenvalue weighted by molar-refractivity contribution is 5.53. The van der Waals surface area contributed by atoms with Crippen molar-refractivity contribution in [2.75, 3.05) is 5.32 Å². The molecule has 100 valence electrons. The van der Waals surface area contributed by atoms with Gasteiger partial charge in [-0.05, 0) is 55.7 Å². The van der Waals surface area contributed by atoms with Crippen LogP contribution in [-0.4, -0.2) is 12.1 Å². The largest absolute Gasteiger partial charge is 0.382 e. The lowest BCUT2D eigenvalue weighted by Gasteiger charge is -2.28. The molecule has 0 atom stereocenters. The molecule has 2 nitrogen and oxygen atoms in total. The Morgan fingerprint density at radius 3 is 2.44 bits per heavy atom. The van der Waals surface area contributed by atoms with E-state index in [1.165, 1.54) is 29.7 Å². The van der Waals surface area contributed by atoms with Crippen molar-refractivity contribution in [2.45, 2.75) is 64.5 Å². The van der Waals surface area contributed by atoms with Crippen LogP contribution in [0.2, 0.25) is 0 Å². The average Bonchev–Trinajstić information content (AvgIpc) is 2.34. The minimum Gasteiger partial charge on any atom is -0.382 e. The SMILES string of the molecule is Cc1ccc(C(C)C)cc1NC1CCC(N)CC1. The first-order valence-electron chi connectivity index (χ1n) is 7.19. The minimum absolute atomic E-state index is 0.422. The molecule has 0 spiro atoms. The summed E-state index contributed by atoms with van der Waals surface area (Å²) in [6.45, 7) is 6.67. The second kappa shape index (κ2) is 5.75. The Labute approximate surface area is 111 Å². The maximum absolute atomic E-state index is 5.96. The van der Waals surface area contributed by atoms with Crippen LogP contribution in [0.15, 0.2) is 18.2 Å². The number of hydrogen-bond donors (Lipinski definition) is 2. The molecule has 2 rings (SSSR count). The van der Waals surface area contributed by atoms with Gasteiger partial charge in [0.05, 0.1) is 0 Å². The van der Waals surface area contributed by atoms with E-state index in [1.54, 1.807) is 0 Å². The third kappa shape index (κ3) is 3.26. The van der Waals surface area contributed by atoms with E-state index >= 15 is 0 Å². The number of rotatable bonds is 3. The van der Waals surface area contributed by atoms with Crippen LogP contribution in [0, 0.1) is 6.92 Å². The van der Waals surface area contributed by atoms with Gasteiger partial charge in [-0.15, -0.1) is 0 Å². The minimum atomic E-state index is 0.422. The summed E-state index contributed by atoms with van der Waals surface area (Å²) in [4.78, 5) is 0. The first-order chi connectivity index (χ1) is 8.56. The topological polar surface area (TPSA) is 38.0 Å². The summed E-state index contributed by atoms with van der Waals surface area (Å²) < 4.78 is 0. The van der Waals surface area contributed by atoms with Crippen molar-refractivity contribution in [2.24, 2.45) is 5.73 Å². The summed E-state index contributed by atoms with van der Waals surface area (Å²) >= 11 is 0. The van der Waals surface area contributed by atoms with Crippen LogP contribution in [0.1, 0.15) is 56.6 Å². The Morgan fingerprint density at radius 1 is 1.17 bits per heavy atom. The van der Waals surface area contributed by atoms with Gasteiger partial charge in [0.15, 0.2) is 0 Å². The van der Waals surface area contributed by atoms with E-state index in [4.69, 9.17) is 5.73 Å². The van der Waals surface area contributed by atoms with Crippen LogP contribution in [0.5, 0.6) is 0 Å². The molecule has 18 heavy (non-hydrogen) atoms. The molecule has 0 unspecified atom stereocenters. The van der Waals surface area contributed by atoms with Crippen molar-refractivity contribution in [3.63, 3.8) is 0 Å². The monoisotopic (exact) mass is 246 g/mol. The van der Waals surface area contributed by atoms with Gasteiger partial charge in [0.1, 0.15) is 0 Å². The molecular formula is C16H26N2. The van der Waals surface area contributed by atoms with E-state index in [-0.39, 0.29) is 0 Å². The zero-order valence-corrected chi connectivity index (χ0v) is 11.9. The molecule has 1 aromatic carbocycles. The van der Waals surface area contributed by atoms with Crippen molar-refractivity contribution >= 4 is 5.69 Å². The van der Waals surface area contributed by atoms with Gasteiger partial charge in [-0.3, -0.25) is 0 Å². The van der Waals surface area contributed by atoms with Crippen LogP contribution in [0.3, 0.4) is 0 Å². The van der Waals surface area contributed by atoms with Gasteiger partial charge in [0, 0.05) is 17.8 Å². The lowest BCUT2D eigenvalue weighted by Crippen LogP contribution is -2.32. The molecule has 1 aliphatic carbocycles.